The molecule has 1 fully saturated rings. The van der Waals surface area contributed by atoms with Crippen LogP contribution in [-0.2, 0) is 4.79 Å². The fourth-order valence-electron chi connectivity index (χ4n) is 3.35. The van der Waals surface area contributed by atoms with E-state index >= 15 is 0 Å². The molecule has 1 aromatic carbocycles. The number of aromatic nitrogens is 2. The van der Waals surface area contributed by atoms with Gasteiger partial charge in [0.2, 0.25) is 11.9 Å². The van der Waals surface area contributed by atoms with Gasteiger partial charge in [0.25, 0.3) is 0 Å². The molecule has 0 aliphatic heterocycles. The van der Waals surface area contributed by atoms with Gasteiger partial charge in [0, 0.05) is 29.9 Å². The molecule has 1 atom stereocenters. The topological polar surface area (TPSA) is 99.2 Å². The minimum atomic E-state index is -0.563. The Kier molecular flexibility index (Phi) is 6.64. The van der Waals surface area contributed by atoms with Crippen LogP contribution < -0.4 is 16.0 Å². The molecule has 0 saturated heterocycles. The minimum absolute atomic E-state index is 0.00235. The van der Waals surface area contributed by atoms with Crippen molar-refractivity contribution in [3.05, 3.63) is 36.3 Å². The lowest BCUT2D eigenvalue weighted by molar-refractivity contribution is -0.124. The van der Waals surface area contributed by atoms with E-state index in [2.05, 4.69) is 25.9 Å². The summed E-state index contributed by atoms with van der Waals surface area (Å²) >= 11 is 0. The first-order chi connectivity index (χ1) is 13.9. The normalized spacial score (nSPS) is 16.3. The van der Waals surface area contributed by atoms with Crippen molar-refractivity contribution in [3.63, 3.8) is 0 Å². The Morgan fingerprint density at radius 1 is 1.31 bits per heavy atom. The van der Waals surface area contributed by atoms with Crippen LogP contribution in [0.2, 0.25) is 0 Å². The number of anilines is 4. The molecule has 1 saturated carbocycles. The van der Waals surface area contributed by atoms with E-state index in [1.54, 1.807) is 6.07 Å². The summed E-state index contributed by atoms with van der Waals surface area (Å²) < 4.78 is 13.9. The van der Waals surface area contributed by atoms with Gasteiger partial charge in [0.15, 0.2) is 11.6 Å². The highest BCUT2D eigenvalue weighted by atomic mass is 19.1. The van der Waals surface area contributed by atoms with Crippen LogP contribution in [0.4, 0.5) is 27.5 Å². The van der Waals surface area contributed by atoms with Crippen molar-refractivity contribution in [2.75, 3.05) is 29.1 Å². The van der Waals surface area contributed by atoms with Crippen molar-refractivity contribution in [3.8, 4) is 0 Å². The van der Waals surface area contributed by atoms with Crippen LogP contribution in [0.1, 0.15) is 39.5 Å². The van der Waals surface area contributed by atoms with Gasteiger partial charge in [-0.15, -0.1) is 0 Å². The number of hydrogen-bond donors (Lipinski definition) is 4. The van der Waals surface area contributed by atoms with Crippen LogP contribution >= 0.6 is 0 Å². The third-order valence-electron chi connectivity index (χ3n) is 5.31. The predicted octanol–water partition coefficient (Wildman–Crippen LogP) is 3.92. The van der Waals surface area contributed by atoms with E-state index in [0.29, 0.717) is 17.9 Å². The number of aliphatic hydroxyl groups is 1. The summed E-state index contributed by atoms with van der Waals surface area (Å²) in [5, 5.41) is 18.0. The van der Waals surface area contributed by atoms with Gasteiger partial charge in [-0.3, -0.25) is 4.79 Å². The maximum atomic E-state index is 13.9. The molecule has 1 unspecified atom stereocenters. The van der Waals surface area contributed by atoms with Gasteiger partial charge >= 0.3 is 0 Å². The quantitative estimate of drug-likeness (QED) is 0.535. The number of amides is 1. The number of aliphatic hydroxyl groups excluding tert-OH is 1. The third kappa shape index (κ3) is 5.41. The van der Waals surface area contributed by atoms with E-state index in [0.717, 1.165) is 31.9 Å². The maximum absolute atomic E-state index is 13.9. The smallest absolute Gasteiger partial charge is 0.230 e. The lowest BCUT2D eigenvalue weighted by atomic mass is 9.88. The van der Waals surface area contributed by atoms with Crippen molar-refractivity contribution in [1.82, 2.24) is 9.97 Å². The fraction of sp³-hybridized carbons (Fsp3) is 0.476. The van der Waals surface area contributed by atoms with Crippen LogP contribution in [0.15, 0.2) is 30.5 Å². The molecule has 1 amide bonds. The zero-order valence-electron chi connectivity index (χ0n) is 16.8. The average Bonchev–Trinajstić information content (AvgIpc) is 3.16. The van der Waals surface area contributed by atoms with E-state index in [1.807, 2.05) is 32.0 Å². The van der Waals surface area contributed by atoms with Crippen molar-refractivity contribution in [2.24, 2.45) is 11.3 Å². The Hall–Kier alpha value is -2.74. The third-order valence-corrected chi connectivity index (χ3v) is 5.31. The molecule has 29 heavy (non-hydrogen) atoms. The molecular weight excluding hydrogens is 373 g/mol. The number of nitrogens with one attached hydrogen (secondary N) is 3. The number of nitrogens with zero attached hydrogens (tertiary/aromatic N) is 2. The molecule has 156 valence electrons. The van der Waals surface area contributed by atoms with E-state index in [1.165, 1.54) is 0 Å². The maximum Gasteiger partial charge on any atom is 0.230 e. The first-order valence-corrected chi connectivity index (χ1v) is 9.95. The lowest BCUT2D eigenvalue weighted by Gasteiger charge is -2.22. The van der Waals surface area contributed by atoms with Crippen LogP contribution in [0.3, 0.4) is 0 Å². The van der Waals surface area contributed by atoms with Crippen molar-refractivity contribution in [2.45, 2.75) is 39.5 Å². The van der Waals surface area contributed by atoms with E-state index in [9.17, 15) is 9.18 Å². The lowest BCUT2D eigenvalue weighted by Crippen LogP contribution is -2.30. The SMILES string of the molecule is CC(CO)CNc1nc(Nc2cccc(NC(=O)C3(C)CCCC3)c2)ncc1F. The molecule has 1 heterocycles. The predicted molar refractivity (Wildman–Crippen MR) is 112 cm³/mol. The fourth-order valence-corrected chi connectivity index (χ4v) is 3.35. The van der Waals surface area contributed by atoms with Crippen LogP contribution in [-0.4, -0.2) is 34.1 Å². The highest BCUT2D eigenvalue weighted by molar-refractivity contribution is 5.95. The number of benzene rings is 1. The Balaban J connectivity index is 1.67. The van der Waals surface area contributed by atoms with Crippen LogP contribution in [0.25, 0.3) is 0 Å². The van der Waals surface area contributed by atoms with Crippen LogP contribution in [0.5, 0.6) is 0 Å². The molecular formula is C21H28FN5O2. The number of carbonyl (C=O) groups excluding carboxylic acids is 1. The van der Waals surface area contributed by atoms with E-state index < -0.39 is 5.82 Å². The molecule has 1 aromatic heterocycles. The molecule has 0 radical (unpaired) electrons. The summed E-state index contributed by atoms with van der Waals surface area (Å²) in [6, 6.07) is 7.27. The highest BCUT2D eigenvalue weighted by Gasteiger charge is 2.36. The molecule has 1 aliphatic carbocycles. The molecule has 0 spiro atoms. The van der Waals surface area contributed by atoms with Gasteiger partial charge in [-0.2, -0.15) is 4.98 Å². The Bertz CT molecular complexity index is 855. The second-order valence-corrected chi connectivity index (χ2v) is 7.99. The second kappa shape index (κ2) is 9.17. The molecule has 8 heteroatoms. The second-order valence-electron chi connectivity index (χ2n) is 7.99. The Morgan fingerprint density at radius 3 is 2.76 bits per heavy atom. The van der Waals surface area contributed by atoms with Gasteiger partial charge in [0.05, 0.1) is 6.20 Å². The molecule has 4 N–H and O–H groups in total. The molecule has 2 aromatic rings. The van der Waals surface area contributed by atoms with E-state index in [-0.39, 0.29) is 35.6 Å². The Morgan fingerprint density at radius 2 is 2.03 bits per heavy atom. The summed E-state index contributed by atoms with van der Waals surface area (Å²) in [4.78, 5) is 20.7. The molecule has 1 aliphatic rings. The molecule has 7 nitrogen and oxygen atoms in total. The summed E-state index contributed by atoms with van der Waals surface area (Å²) in [6.07, 6.45) is 5.07. The van der Waals surface area contributed by atoms with Crippen molar-refractivity contribution in [1.29, 1.82) is 0 Å². The van der Waals surface area contributed by atoms with Gasteiger partial charge in [-0.1, -0.05) is 32.8 Å². The standard InChI is InChI=1S/C21H28FN5O2/c1-14(13-28)11-23-18-17(22)12-24-20(27-18)26-16-7-5-6-15(10-16)25-19(29)21(2)8-3-4-9-21/h5-7,10,12,14,28H,3-4,8-9,11,13H2,1-2H3,(H,25,29)(H2,23,24,26,27). The largest absolute Gasteiger partial charge is 0.396 e. The zero-order valence-corrected chi connectivity index (χ0v) is 16.8. The van der Waals surface area contributed by atoms with Gasteiger partial charge in [-0.05, 0) is 37.0 Å². The van der Waals surface area contributed by atoms with Gasteiger partial charge < -0.3 is 21.1 Å². The number of carbonyl (C=O) groups is 1. The number of halogens is 1. The van der Waals surface area contributed by atoms with Gasteiger partial charge in [0.1, 0.15) is 0 Å². The van der Waals surface area contributed by atoms with Crippen molar-refractivity contribution < 1.29 is 14.3 Å². The van der Waals surface area contributed by atoms with Gasteiger partial charge in [-0.25, -0.2) is 9.37 Å². The minimum Gasteiger partial charge on any atom is -0.396 e. The first kappa shape index (κ1) is 21.0. The summed E-state index contributed by atoms with van der Waals surface area (Å²) in [5.74, 6) is -0.248. The molecule has 0 bridgehead atoms. The van der Waals surface area contributed by atoms with E-state index in [4.69, 9.17) is 5.11 Å². The summed E-state index contributed by atoms with van der Waals surface area (Å²) in [6.45, 7) is 4.25. The number of hydrogen-bond acceptors (Lipinski definition) is 6. The number of rotatable bonds is 8. The highest BCUT2D eigenvalue weighted by Crippen LogP contribution is 2.38. The van der Waals surface area contributed by atoms with Crippen molar-refractivity contribution >= 4 is 29.0 Å². The Labute approximate surface area is 170 Å². The van der Waals surface area contributed by atoms with Crippen LogP contribution in [0, 0.1) is 17.2 Å². The average molecular weight is 401 g/mol. The summed E-state index contributed by atoms with van der Waals surface area (Å²) in [7, 11) is 0. The first-order valence-electron chi connectivity index (χ1n) is 9.95. The zero-order chi connectivity index (χ0) is 20.9. The molecule has 3 rings (SSSR count). The summed E-state index contributed by atoms with van der Waals surface area (Å²) in [5.41, 5.74) is 1.06. The monoisotopic (exact) mass is 401 g/mol.